The minimum absolute atomic E-state index is 0.402. The quantitative estimate of drug-likeness (QED) is 0.721. The van der Waals surface area contributed by atoms with E-state index in [1.165, 1.54) is 5.56 Å². The van der Waals surface area contributed by atoms with Crippen LogP contribution in [-0.4, -0.2) is 10.1 Å². The maximum Gasteiger partial charge on any atom is 0.171 e. The Hall–Kier alpha value is -2.23. The number of hydrogen-bond acceptors (Lipinski definition) is 3. The van der Waals surface area contributed by atoms with Crippen molar-refractivity contribution >= 4 is 16.7 Å². The predicted octanol–water partition coefficient (Wildman–Crippen LogP) is 3.53. The van der Waals surface area contributed by atoms with Crippen LogP contribution < -0.4 is 5.73 Å². The predicted molar refractivity (Wildman–Crippen MR) is 72.3 cm³/mol. The van der Waals surface area contributed by atoms with Crippen molar-refractivity contribution < 1.29 is 4.52 Å². The summed E-state index contributed by atoms with van der Waals surface area (Å²) in [5.74, 6) is 1.59. The second-order valence-corrected chi connectivity index (χ2v) is 4.78. The molecule has 0 unspecified atom stereocenters. The van der Waals surface area contributed by atoms with Gasteiger partial charge in [0.05, 0.1) is 0 Å². The topological polar surface area (TPSA) is 67.8 Å². The van der Waals surface area contributed by atoms with Gasteiger partial charge in [-0.25, -0.2) is 0 Å². The number of aromatic nitrogens is 2. The number of nitrogens with two attached hydrogens (primary N) is 1. The molecule has 0 fully saturated rings. The molecule has 3 rings (SSSR count). The van der Waals surface area contributed by atoms with Crippen LogP contribution in [0.4, 0.5) is 5.82 Å². The average molecular weight is 241 g/mol. The van der Waals surface area contributed by atoms with Gasteiger partial charge in [-0.2, -0.15) is 0 Å². The van der Waals surface area contributed by atoms with Crippen molar-refractivity contribution in [3.8, 4) is 11.3 Å². The number of nitrogens with one attached hydrogen (secondary N) is 1. The molecule has 0 aliphatic carbocycles. The van der Waals surface area contributed by atoms with Crippen LogP contribution in [0.25, 0.3) is 22.2 Å². The van der Waals surface area contributed by atoms with Crippen LogP contribution in [-0.2, 0) is 0 Å². The Morgan fingerprint density at radius 3 is 2.78 bits per heavy atom. The third-order valence-corrected chi connectivity index (χ3v) is 3.17. The van der Waals surface area contributed by atoms with E-state index in [-0.39, 0.29) is 0 Å². The molecule has 0 aliphatic heterocycles. The van der Waals surface area contributed by atoms with Gasteiger partial charge in [-0.15, -0.1) is 0 Å². The largest absolute Gasteiger partial charge is 0.381 e. The first kappa shape index (κ1) is 10.9. The first-order chi connectivity index (χ1) is 8.65. The molecule has 2 aromatic heterocycles. The lowest BCUT2D eigenvalue weighted by Crippen LogP contribution is -1.86. The van der Waals surface area contributed by atoms with Crippen LogP contribution in [0.1, 0.15) is 25.3 Å². The molecule has 0 atom stereocenters. The normalized spacial score (nSPS) is 11.5. The summed E-state index contributed by atoms with van der Waals surface area (Å²) >= 11 is 0. The highest BCUT2D eigenvalue weighted by atomic mass is 16.5. The molecule has 92 valence electrons. The Labute approximate surface area is 105 Å². The van der Waals surface area contributed by atoms with Crippen LogP contribution >= 0.6 is 0 Å². The molecule has 0 saturated heterocycles. The molecule has 3 N–H and O–H groups in total. The summed E-state index contributed by atoms with van der Waals surface area (Å²) in [6.45, 7) is 4.36. The van der Waals surface area contributed by atoms with Crippen LogP contribution in [0.3, 0.4) is 0 Å². The van der Waals surface area contributed by atoms with E-state index in [2.05, 4.69) is 42.2 Å². The van der Waals surface area contributed by atoms with Gasteiger partial charge in [-0.05, 0) is 23.6 Å². The van der Waals surface area contributed by atoms with Crippen LogP contribution in [0.5, 0.6) is 0 Å². The van der Waals surface area contributed by atoms with Crippen LogP contribution in [0.2, 0.25) is 0 Å². The number of anilines is 1. The van der Waals surface area contributed by atoms with Gasteiger partial charge < -0.3 is 15.2 Å². The molecule has 0 bridgehead atoms. The standard InChI is InChI=1S/C14H15N3O/c1-8(2)9-3-4-12-10(5-9)11(7-16-12)13-6-14(15)17-18-13/h3-8,16H,1-2H3,(H2,15,17). The summed E-state index contributed by atoms with van der Waals surface area (Å²) < 4.78 is 5.22. The first-order valence-electron chi connectivity index (χ1n) is 5.99. The lowest BCUT2D eigenvalue weighted by molar-refractivity contribution is 0.436. The van der Waals surface area contributed by atoms with Crippen LogP contribution in [0, 0.1) is 0 Å². The second kappa shape index (κ2) is 3.91. The van der Waals surface area contributed by atoms with Gasteiger partial charge >= 0.3 is 0 Å². The van der Waals surface area contributed by atoms with E-state index >= 15 is 0 Å². The summed E-state index contributed by atoms with van der Waals surface area (Å²) in [5, 5.41) is 4.86. The molecule has 1 aromatic carbocycles. The molecule has 18 heavy (non-hydrogen) atoms. The molecule has 0 saturated carbocycles. The smallest absolute Gasteiger partial charge is 0.171 e. The van der Waals surface area contributed by atoms with Crippen molar-refractivity contribution in [2.45, 2.75) is 19.8 Å². The summed E-state index contributed by atoms with van der Waals surface area (Å²) in [6, 6.07) is 8.16. The first-order valence-corrected chi connectivity index (χ1v) is 5.99. The van der Waals surface area contributed by atoms with Gasteiger partial charge in [-0.1, -0.05) is 25.1 Å². The Morgan fingerprint density at radius 2 is 2.11 bits per heavy atom. The number of nitrogens with zero attached hydrogens (tertiary/aromatic N) is 1. The van der Waals surface area contributed by atoms with E-state index in [0.29, 0.717) is 17.5 Å². The number of H-pyrrole nitrogens is 1. The maximum atomic E-state index is 5.59. The molecule has 0 aliphatic rings. The van der Waals surface area contributed by atoms with E-state index in [9.17, 15) is 0 Å². The number of hydrogen-bond donors (Lipinski definition) is 2. The molecule has 2 heterocycles. The Balaban J connectivity index is 2.20. The average Bonchev–Trinajstić information content (AvgIpc) is 2.93. The van der Waals surface area contributed by atoms with Gasteiger partial charge in [0.2, 0.25) is 0 Å². The lowest BCUT2D eigenvalue weighted by Gasteiger charge is -2.05. The van der Waals surface area contributed by atoms with Gasteiger partial charge in [0.1, 0.15) is 0 Å². The van der Waals surface area contributed by atoms with Crippen molar-refractivity contribution in [2.24, 2.45) is 0 Å². The van der Waals surface area contributed by atoms with Crippen molar-refractivity contribution in [1.82, 2.24) is 10.1 Å². The highest BCUT2D eigenvalue weighted by molar-refractivity contribution is 5.94. The summed E-state index contributed by atoms with van der Waals surface area (Å²) in [4.78, 5) is 3.23. The zero-order valence-electron chi connectivity index (χ0n) is 10.4. The monoisotopic (exact) mass is 241 g/mol. The van der Waals surface area contributed by atoms with E-state index in [0.717, 1.165) is 16.5 Å². The van der Waals surface area contributed by atoms with Gasteiger partial charge in [0.25, 0.3) is 0 Å². The fourth-order valence-corrected chi connectivity index (χ4v) is 2.12. The molecule has 0 amide bonds. The molecular formula is C14H15N3O. The molecule has 4 nitrogen and oxygen atoms in total. The Morgan fingerprint density at radius 1 is 1.28 bits per heavy atom. The van der Waals surface area contributed by atoms with E-state index < -0.39 is 0 Å². The fraction of sp³-hybridized carbons (Fsp3) is 0.214. The summed E-state index contributed by atoms with van der Waals surface area (Å²) in [7, 11) is 0. The SMILES string of the molecule is CC(C)c1ccc2[nH]cc(-c3cc(N)no3)c2c1. The molecule has 4 heteroatoms. The minimum atomic E-state index is 0.402. The number of aromatic amines is 1. The zero-order chi connectivity index (χ0) is 12.7. The highest BCUT2D eigenvalue weighted by Crippen LogP contribution is 2.31. The number of rotatable bonds is 2. The van der Waals surface area contributed by atoms with E-state index in [1.54, 1.807) is 6.07 Å². The number of nitrogen functional groups attached to an aromatic ring is 1. The molecule has 3 aromatic rings. The third-order valence-electron chi connectivity index (χ3n) is 3.17. The van der Waals surface area contributed by atoms with Crippen molar-refractivity contribution in [3.63, 3.8) is 0 Å². The Bertz CT molecular complexity index is 694. The summed E-state index contributed by atoms with van der Waals surface area (Å²) in [6.07, 6.45) is 1.93. The molecular weight excluding hydrogens is 226 g/mol. The van der Waals surface area contributed by atoms with E-state index in [4.69, 9.17) is 10.3 Å². The second-order valence-electron chi connectivity index (χ2n) is 4.78. The summed E-state index contributed by atoms with van der Waals surface area (Å²) in [5.41, 5.74) is 8.98. The number of fused-ring (bicyclic) bond motifs is 1. The minimum Gasteiger partial charge on any atom is -0.381 e. The van der Waals surface area contributed by atoms with Crippen molar-refractivity contribution in [1.29, 1.82) is 0 Å². The van der Waals surface area contributed by atoms with Gasteiger partial charge in [0.15, 0.2) is 11.6 Å². The highest BCUT2D eigenvalue weighted by Gasteiger charge is 2.12. The van der Waals surface area contributed by atoms with Gasteiger partial charge in [0, 0.05) is 28.7 Å². The molecule has 0 spiro atoms. The Kier molecular flexibility index (Phi) is 2.37. The van der Waals surface area contributed by atoms with Crippen molar-refractivity contribution in [3.05, 3.63) is 36.0 Å². The number of benzene rings is 1. The lowest BCUT2D eigenvalue weighted by atomic mass is 10.00. The van der Waals surface area contributed by atoms with E-state index in [1.807, 2.05) is 6.20 Å². The zero-order valence-corrected chi connectivity index (χ0v) is 10.4. The van der Waals surface area contributed by atoms with Crippen molar-refractivity contribution in [2.75, 3.05) is 5.73 Å². The van der Waals surface area contributed by atoms with Crippen LogP contribution in [0.15, 0.2) is 35.0 Å². The molecule has 0 radical (unpaired) electrons. The fourth-order valence-electron chi connectivity index (χ4n) is 2.12. The maximum absolute atomic E-state index is 5.59. The third kappa shape index (κ3) is 1.66. The van der Waals surface area contributed by atoms with Gasteiger partial charge in [-0.3, -0.25) is 0 Å².